The molecule has 0 saturated heterocycles. The molecule has 98 valence electrons. The Kier molecular flexibility index (Phi) is 4.94. The summed E-state index contributed by atoms with van der Waals surface area (Å²) in [5.74, 6) is 0. The van der Waals surface area contributed by atoms with Crippen LogP contribution in [-0.2, 0) is 19.4 Å². The number of thiazole rings is 1. The first-order valence-electron chi connectivity index (χ1n) is 5.59. The lowest BCUT2D eigenvalue weighted by Crippen LogP contribution is -2.21. The van der Waals surface area contributed by atoms with E-state index in [2.05, 4.69) is 10.3 Å². The van der Waals surface area contributed by atoms with Gasteiger partial charge in [0.2, 0.25) is 0 Å². The van der Waals surface area contributed by atoms with E-state index in [1.165, 1.54) is 0 Å². The SMILES string of the molecule is CCc1nc(CC(F)(F)F)sc1CNC(C)C. The van der Waals surface area contributed by atoms with Crippen molar-refractivity contribution in [3.8, 4) is 0 Å². The van der Waals surface area contributed by atoms with Crippen molar-refractivity contribution < 1.29 is 13.2 Å². The predicted octanol–water partition coefficient (Wildman–Crippen LogP) is 3.31. The van der Waals surface area contributed by atoms with E-state index in [0.29, 0.717) is 19.0 Å². The third kappa shape index (κ3) is 5.04. The summed E-state index contributed by atoms with van der Waals surface area (Å²) in [6.07, 6.45) is -4.43. The van der Waals surface area contributed by atoms with Crippen molar-refractivity contribution in [2.75, 3.05) is 0 Å². The van der Waals surface area contributed by atoms with E-state index < -0.39 is 12.6 Å². The summed E-state index contributed by atoms with van der Waals surface area (Å²) >= 11 is 1.16. The number of halogens is 3. The van der Waals surface area contributed by atoms with Crippen LogP contribution in [0, 0.1) is 0 Å². The van der Waals surface area contributed by atoms with E-state index in [9.17, 15) is 13.2 Å². The smallest absolute Gasteiger partial charge is 0.310 e. The van der Waals surface area contributed by atoms with Gasteiger partial charge < -0.3 is 5.32 Å². The minimum Gasteiger partial charge on any atom is -0.310 e. The van der Waals surface area contributed by atoms with Crippen LogP contribution < -0.4 is 5.32 Å². The number of hydrogen-bond donors (Lipinski definition) is 1. The van der Waals surface area contributed by atoms with Gasteiger partial charge >= 0.3 is 6.18 Å². The van der Waals surface area contributed by atoms with E-state index in [1.54, 1.807) is 0 Å². The average Bonchev–Trinajstić information content (AvgIpc) is 2.54. The van der Waals surface area contributed by atoms with Crippen molar-refractivity contribution >= 4 is 11.3 Å². The Morgan fingerprint density at radius 2 is 2.00 bits per heavy atom. The van der Waals surface area contributed by atoms with Gasteiger partial charge in [-0.05, 0) is 6.42 Å². The molecule has 1 aromatic rings. The molecule has 0 amide bonds. The third-order valence-corrected chi connectivity index (χ3v) is 3.28. The largest absolute Gasteiger partial charge is 0.395 e. The van der Waals surface area contributed by atoms with Crippen LogP contribution in [0.15, 0.2) is 0 Å². The standard InChI is InChI=1S/C11H17F3N2S/c1-4-8-9(6-15-7(2)3)17-10(16-8)5-11(12,13)14/h7,15H,4-6H2,1-3H3. The highest BCUT2D eigenvalue weighted by Crippen LogP contribution is 2.26. The fraction of sp³-hybridized carbons (Fsp3) is 0.727. The minimum atomic E-state index is -4.17. The third-order valence-electron chi connectivity index (χ3n) is 2.18. The predicted molar refractivity (Wildman–Crippen MR) is 63.2 cm³/mol. The molecule has 1 aromatic heterocycles. The monoisotopic (exact) mass is 266 g/mol. The zero-order chi connectivity index (χ0) is 13.1. The summed E-state index contributed by atoms with van der Waals surface area (Å²) in [6, 6.07) is 0.313. The van der Waals surface area contributed by atoms with Crippen LogP contribution in [0.3, 0.4) is 0 Å². The summed E-state index contributed by atoms with van der Waals surface area (Å²) in [4.78, 5) is 4.97. The van der Waals surface area contributed by atoms with Crippen molar-refractivity contribution in [1.29, 1.82) is 0 Å². The molecule has 0 bridgehead atoms. The Balaban J connectivity index is 2.76. The maximum Gasteiger partial charge on any atom is 0.395 e. The van der Waals surface area contributed by atoms with Crippen molar-refractivity contribution in [3.05, 3.63) is 15.6 Å². The maximum absolute atomic E-state index is 12.3. The maximum atomic E-state index is 12.3. The molecule has 0 saturated carbocycles. The molecule has 1 rings (SSSR count). The molecular weight excluding hydrogens is 249 g/mol. The normalized spacial score (nSPS) is 12.4. The van der Waals surface area contributed by atoms with E-state index in [1.807, 2.05) is 20.8 Å². The molecule has 0 aromatic carbocycles. The van der Waals surface area contributed by atoms with E-state index in [4.69, 9.17) is 0 Å². The highest BCUT2D eigenvalue weighted by molar-refractivity contribution is 7.11. The van der Waals surface area contributed by atoms with Crippen molar-refractivity contribution in [3.63, 3.8) is 0 Å². The van der Waals surface area contributed by atoms with Gasteiger partial charge in [0.15, 0.2) is 0 Å². The van der Waals surface area contributed by atoms with Crippen LogP contribution in [0.2, 0.25) is 0 Å². The Hall–Kier alpha value is -0.620. The topological polar surface area (TPSA) is 24.9 Å². The highest BCUT2D eigenvalue weighted by Gasteiger charge is 2.30. The number of nitrogens with one attached hydrogen (secondary N) is 1. The number of nitrogens with zero attached hydrogens (tertiary/aromatic N) is 1. The second kappa shape index (κ2) is 5.82. The van der Waals surface area contributed by atoms with Gasteiger partial charge in [-0.2, -0.15) is 13.2 Å². The fourth-order valence-electron chi connectivity index (χ4n) is 1.40. The molecule has 6 heteroatoms. The highest BCUT2D eigenvalue weighted by atomic mass is 32.1. The molecule has 0 fully saturated rings. The number of alkyl halides is 3. The summed E-state index contributed by atoms with van der Waals surface area (Å²) < 4.78 is 36.8. The first kappa shape index (κ1) is 14.4. The quantitative estimate of drug-likeness (QED) is 0.884. The Labute approximate surface area is 103 Å². The summed E-state index contributed by atoms with van der Waals surface area (Å²) in [5.41, 5.74) is 0.780. The first-order valence-corrected chi connectivity index (χ1v) is 6.41. The Bertz CT molecular complexity index is 358. The van der Waals surface area contributed by atoms with Crippen LogP contribution in [0.5, 0.6) is 0 Å². The van der Waals surface area contributed by atoms with Gasteiger partial charge in [0, 0.05) is 17.5 Å². The van der Waals surface area contributed by atoms with Gasteiger partial charge in [0.25, 0.3) is 0 Å². The zero-order valence-electron chi connectivity index (χ0n) is 10.2. The summed E-state index contributed by atoms with van der Waals surface area (Å²) in [6.45, 7) is 6.51. The first-order chi connectivity index (χ1) is 7.81. The number of rotatable bonds is 5. The van der Waals surface area contributed by atoms with Gasteiger partial charge in [-0.15, -0.1) is 11.3 Å². The van der Waals surface area contributed by atoms with Crippen LogP contribution in [-0.4, -0.2) is 17.2 Å². The van der Waals surface area contributed by atoms with Crippen molar-refractivity contribution in [1.82, 2.24) is 10.3 Å². The van der Waals surface area contributed by atoms with Crippen LogP contribution >= 0.6 is 11.3 Å². The van der Waals surface area contributed by atoms with Gasteiger partial charge in [-0.1, -0.05) is 20.8 Å². The van der Waals surface area contributed by atoms with Crippen LogP contribution in [0.4, 0.5) is 13.2 Å². The van der Waals surface area contributed by atoms with Gasteiger partial charge in [0.05, 0.1) is 12.1 Å². The molecule has 1 heterocycles. The molecule has 0 unspecified atom stereocenters. The fourth-order valence-corrected chi connectivity index (χ4v) is 2.53. The van der Waals surface area contributed by atoms with Gasteiger partial charge in [0.1, 0.15) is 5.01 Å². The molecule has 0 aliphatic carbocycles. The van der Waals surface area contributed by atoms with Crippen LogP contribution in [0.1, 0.15) is 36.3 Å². The number of aryl methyl sites for hydroxylation is 1. The van der Waals surface area contributed by atoms with Crippen molar-refractivity contribution in [2.24, 2.45) is 0 Å². The molecular formula is C11H17F3N2S. The summed E-state index contributed by atoms with van der Waals surface area (Å²) in [7, 11) is 0. The molecule has 1 N–H and O–H groups in total. The lowest BCUT2D eigenvalue weighted by molar-refractivity contribution is -0.127. The second-order valence-corrected chi connectivity index (χ2v) is 5.33. The molecule has 0 spiro atoms. The van der Waals surface area contributed by atoms with Gasteiger partial charge in [-0.25, -0.2) is 4.98 Å². The van der Waals surface area contributed by atoms with E-state index in [0.717, 1.165) is 21.9 Å². The lowest BCUT2D eigenvalue weighted by Gasteiger charge is -2.06. The molecule has 0 radical (unpaired) electrons. The molecule has 17 heavy (non-hydrogen) atoms. The Morgan fingerprint density at radius 3 is 2.47 bits per heavy atom. The molecule has 2 nitrogen and oxygen atoms in total. The zero-order valence-corrected chi connectivity index (χ0v) is 11.0. The summed E-state index contributed by atoms with van der Waals surface area (Å²) in [5, 5.41) is 3.36. The molecule has 0 aliphatic rings. The Morgan fingerprint density at radius 1 is 1.35 bits per heavy atom. The van der Waals surface area contributed by atoms with Crippen LogP contribution in [0.25, 0.3) is 0 Å². The number of aromatic nitrogens is 1. The van der Waals surface area contributed by atoms with E-state index in [-0.39, 0.29) is 5.01 Å². The number of hydrogen-bond acceptors (Lipinski definition) is 3. The average molecular weight is 266 g/mol. The molecule has 0 atom stereocenters. The molecule has 0 aliphatic heterocycles. The minimum absolute atomic E-state index is 0.162. The van der Waals surface area contributed by atoms with Gasteiger partial charge in [-0.3, -0.25) is 0 Å². The lowest BCUT2D eigenvalue weighted by atomic mass is 10.3. The van der Waals surface area contributed by atoms with Crippen molar-refractivity contribution in [2.45, 2.75) is 52.4 Å². The second-order valence-electron chi connectivity index (χ2n) is 4.16. The van der Waals surface area contributed by atoms with E-state index >= 15 is 0 Å².